The molecule has 1 heterocycles. The van der Waals surface area contributed by atoms with Crippen LogP contribution in [0.1, 0.15) is 16.7 Å². The van der Waals surface area contributed by atoms with E-state index in [4.69, 9.17) is 14.2 Å². The number of morpholine rings is 1. The lowest BCUT2D eigenvalue weighted by Gasteiger charge is -2.26. The normalized spacial score (nSPS) is 15.8. The summed E-state index contributed by atoms with van der Waals surface area (Å²) < 4.78 is 35.7. The smallest absolute Gasteiger partial charge is 0.339 e. The van der Waals surface area contributed by atoms with E-state index < -0.39 is 10.1 Å². The largest absolute Gasteiger partial charge is 0.379 e. The van der Waals surface area contributed by atoms with E-state index in [-0.39, 0.29) is 10.7 Å². The van der Waals surface area contributed by atoms with E-state index in [0.29, 0.717) is 5.56 Å². The van der Waals surface area contributed by atoms with Gasteiger partial charge >= 0.3 is 10.1 Å². The molecule has 6 nitrogen and oxygen atoms in total. The Kier molecular flexibility index (Phi) is 6.47. The lowest BCUT2D eigenvalue weighted by Crippen LogP contribution is -2.35. The molecule has 28 heavy (non-hydrogen) atoms. The molecular formula is C21H22N2O4S. The van der Waals surface area contributed by atoms with Gasteiger partial charge in [0.05, 0.1) is 25.4 Å². The van der Waals surface area contributed by atoms with E-state index in [1.807, 2.05) is 25.1 Å². The van der Waals surface area contributed by atoms with Crippen molar-refractivity contribution in [1.29, 1.82) is 5.26 Å². The molecule has 0 amide bonds. The first-order valence-corrected chi connectivity index (χ1v) is 10.4. The van der Waals surface area contributed by atoms with Gasteiger partial charge in [-0.3, -0.25) is 4.90 Å². The molecule has 0 atom stereocenters. The van der Waals surface area contributed by atoms with Crippen LogP contribution in [0, 0.1) is 18.3 Å². The average Bonchev–Trinajstić information content (AvgIpc) is 2.69. The summed E-state index contributed by atoms with van der Waals surface area (Å²) in [6.07, 6.45) is 1.10. The second-order valence-electron chi connectivity index (χ2n) is 6.57. The number of hydrogen-bond acceptors (Lipinski definition) is 6. The molecule has 1 aliphatic rings. The van der Waals surface area contributed by atoms with Gasteiger partial charge in [-0.2, -0.15) is 13.7 Å². The van der Waals surface area contributed by atoms with E-state index in [9.17, 15) is 8.42 Å². The van der Waals surface area contributed by atoms with Crippen LogP contribution in [0.3, 0.4) is 0 Å². The molecular weight excluding hydrogens is 376 g/mol. The number of benzene rings is 2. The zero-order chi connectivity index (χ0) is 20.0. The third-order valence-corrected chi connectivity index (χ3v) is 5.70. The molecule has 0 aromatic heterocycles. The molecule has 2 aromatic carbocycles. The molecule has 2 aromatic rings. The van der Waals surface area contributed by atoms with Crippen molar-refractivity contribution in [2.45, 2.75) is 18.4 Å². The van der Waals surface area contributed by atoms with Crippen molar-refractivity contribution in [2.24, 2.45) is 0 Å². The van der Waals surface area contributed by atoms with Crippen LogP contribution >= 0.6 is 0 Å². The Hall–Kier alpha value is -2.66. The van der Waals surface area contributed by atoms with Gasteiger partial charge in [0.15, 0.2) is 5.76 Å². The summed E-state index contributed by atoms with van der Waals surface area (Å²) in [6, 6.07) is 15.6. The summed E-state index contributed by atoms with van der Waals surface area (Å²) in [5.41, 5.74) is 2.58. The van der Waals surface area contributed by atoms with Gasteiger partial charge in [-0.1, -0.05) is 42.0 Å². The first-order valence-electron chi connectivity index (χ1n) is 8.98. The molecule has 3 rings (SSSR count). The van der Waals surface area contributed by atoms with Crippen molar-refractivity contribution >= 4 is 15.9 Å². The summed E-state index contributed by atoms with van der Waals surface area (Å²) in [6.45, 7) is 5.91. The zero-order valence-electron chi connectivity index (χ0n) is 15.7. The number of ether oxygens (including phenoxy) is 1. The number of nitriles is 1. The monoisotopic (exact) mass is 398 g/mol. The van der Waals surface area contributed by atoms with Crippen LogP contribution in [0.15, 0.2) is 59.5 Å². The van der Waals surface area contributed by atoms with E-state index in [0.717, 1.165) is 50.1 Å². The highest BCUT2D eigenvalue weighted by molar-refractivity contribution is 7.87. The molecule has 1 fully saturated rings. The Morgan fingerprint density at radius 1 is 1.14 bits per heavy atom. The van der Waals surface area contributed by atoms with E-state index >= 15 is 0 Å². The maximum Gasteiger partial charge on any atom is 0.339 e. The molecule has 0 N–H and O–H groups in total. The highest BCUT2D eigenvalue weighted by Gasteiger charge is 2.19. The first-order chi connectivity index (χ1) is 13.5. The Morgan fingerprint density at radius 2 is 1.79 bits per heavy atom. The number of allylic oxidation sites excluding steroid dienone is 1. The van der Waals surface area contributed by atoms with Crippen LogP contribution in [0.2, 0.25) is 0 Å². The standard InChI is InChI=1S/C21H22N2O4S/c1-17-2-8-20(9-3-17)28(24,25)27-21(10-11-22)19-6-4-18(5-7-19)16-23-12-14-26-15-13-23/h2-10H,12-16H2,1H3. The minimum Gasteiger partial charge on any atom is -0.379 e. The van der Waals surface area contributed by atoms with Crippen LogP contribution in [0.4, 0.5) is 0 Å². The minimum atomic E-state index is -4.02. The lowest BCUT2D eigenvalue weighted by atomic mass is 10.1. The fourth-order valence-electron chi connectivity index (χ4n) is 2.88. The van der Waals surface area contributed by atoms with Crippen LogP contribution in [0.25, 0.3) is 5.76 Å². The van der Waals surface area contributed by atoms with Gasteiger partial charge < -0.3 is 8.92 Å². The second kappa shape index (κ2) is 9.02. The molecule has 0 bridgehead atoms. The van der Waals surface area contributed by atoms with Gasteiger partial charge in [-0.05, 0) is 24.6 Å². The third kappa shape index (κ3) is 5.20. The maximum atomic E-state index is 12.5. The van der Waals surface area contributed by atoms with Crippen molar-refractivity contribution in [1.82, 2.24) is 4.90 Å². The van der Waals surface area contributed by atoms with Crippen molar-refractivity contribution in [3.63, 3.8) is 0 Å². The Bertz CT molecular complexity index is 969. The van der Waals surface area contributed by atoms with E-state index in [1.54, 1.807) is 24.3 Å². The highest BCUT2D eigenvalue weighted by atomic mass is 32.2. The zero-order valence-corrected chi connectivity index (χ0v) is 16.5. The Labute approximate surface area is 165 Å². The fourth-order valence-corrected chi connectivity index (χ4v) is 3.82. The Balaban J connectivity index is 1.76. The van der Waals surface area contributed by atoms with Crippen molar-refractivity contribution in [2.75, 3.05) is 26.3 Å². The molecule has 0 spiro atoms. The summed E-state index contributed by atoms with van der Waals surface area (Å²) in [7, 11) is -4.02. The van der Waals surface area contributed by atoms with E-state index in [2.05, 4.69) is 4.90 Å². The predicted molar refractivity (Wildman–Crippen MR) is 106 cm³/mol. The van der Waals surface area contributed by atoms with Crippen LogP contribution in [-0.2, 0) is 25.6 Å². The number of hydrogen-bond donors (Lipinski definition) is 0. The number of rotatable bonds is 6. The van der Waals surface area contributed by atoms with Crippen molar-refractivity contribution in [3.8, 4) is 6.07 Å². The summed E-state index contributed by atoms with van der Waals surface area (Å²) >= 11 is 0. The van der Waals surface area contributed by atoms with Gasteiger partial charge in [0.1, 0.15) is 4.90 Å². The van der Waals surface area contributed by atoms with Crippen LogP contribution < -0.4 is 0 Å². The van der Waals surface area contributed by atoms with Crippen molar-refractivity contribution < 1.29 is 17.3 Å². The van der Waals surface area contributed by atoms with Crippen LogP contribution in [-0.4, -0.2) is 39.6 Å². The molecule has 0 saturated carbocycles. The van der Waals surface area contributed by atoms with Gasteiger partial charge in [0.2, 0.25) is 0 Å². The molecule has 7 heteroatoms. The first kappa shape index (κ1) is 20.1. The summed E-state index contributed by atoms with van der Waals surface area (Å²) in [5, 5.41) is 9.05. The Morgan fingerprint density at radius 3 is 2.39 bits per heavy atom. The molecule has 0 unspecified atom stereocenters. The van der Waals surface area contributed by atoms with Gasteiger partial charge in [0.25, 0.3) is 0 Å². The predicted octanol–water partition coefficient (Wildman–Crippen LogP) is 3.10. The quantitative estimate of drug-likeness (QED) is 0.423. The molecule has 146 valence electrons. The van der Waals surface area contributed by atoms with Gasteiger partial charge in [0, 0.05) is 25.2 Å². The lowest BCUT2D eigenvalue weighted by molar-refractivity contribution is 0.0342. The second-order valence-corrected chi connectivity index (χ2v) is 8.12. The fraction of sp³-hybridized carbons (Fsp3) is 0.286. The maximum absolute atomic E-state index is 12.5. The highest BCUT2D eigenvalue weighted by Crippen LogP contribution is 2.24. The molecule has 0 radical (unpaired) electrons. The van der Waals surface area contributed by atoms with Crippen molar-refractivity contribution in [3.05, 3.63) is 71.3 Å². The van der Waals surface area contributed by atoms with E-state index in [1.165, 1.54) is 12.1 Å². The van der Waals surface area contributed by atoms with Gasteiger partial charge in [-0.15, -0.1) is 0 Å². The average molecular weight is 398 g/mol. The summed E-state index contributed by atoms with van der Waals surface area (Å²) in [5.74, 6) is 0.000924. The minimum absolute atomic E-state index is 0.000924. The molecule has 1 saturated heterocycles. The topological polar surface area (TPSA) is 79.6 Å². The SMILES string of the molecule is Cc1ccc(S(=O)(=O)OC(=CC#N)c2ccc(CN3CCOCC3)cc2)cc1. The summed E-state index contributed by atoms with van der Waals surface area (Å²) in [4.78, 5) is 2.34. The van der Waals surface area contributed by atoms with Crippen LogP contribution in [0.5, 0.6) is 0 Å². The molecule has 1 aliphatic heterocycles. The number of nitrogens with zero attached hydrogens (tertiary/aromatic N) is 2. The number of aryl methyl sites for hydroxylation is 1. The molecule has 0 aliphatic carbocycles. The van der Waals surface area contributed by atoms with Gasteiger partial charge in [-0.25, -0.2) is 0 Å². The third-order valence-electron chi connectivity index (χ3n) is 4.45.